The highest BCUT2D eigenvalue weighted by Crippen LogP contribution is 2.33. The van der Waals surface area contributed by atoms with E-state index in [4.69, 9.17) is 10.5 Å². The molecule has 0 bridgehead atoms. The van der Waals surface area contributed by atoms with Crippen LogP contribution in [0.4, 0.5) is 0 Å². The molecule has 1 aliphatic heterocycles. The van der Waals surface area contributed by atoms with Crippen molar-refractivity contribution in [1.29, 1.82) is 0 Å². The molecule has 2 N–H and O–H groups in total. The zero-order chi connectivity index (χ0) is 12.4. The number of rotatable bonds is 3. The van der Waals surface area contributed by atoms with Crippen molar-refractivity contribution >= 4 is 11.5 Å². The minimum absolute atomic E-state index is 0.0545. The Morgan fingerprint density at radius 3 is 3.17 bits per heavy atom. The van der Waals surface area contributed by atoms with Crippen LogP contribution in [-0.2, 0) is 11.2 Å². The van der Waals surface area contributed by atoms with Crippen molar-refractivity contribution in [3.63, 3.8) is 0 Å². The van der Waals surface area contributed by atoms with E-state index in [2.05, 4.69) is 33.9 Å². The highest BCUT2D eigenvalue weighted by molar-refractivity contribution is 7.05. The molecule has 0 saturated heterocycles. The smallest absolute Gasteiger partial charge is 0.0846 e. The van der Waals surface area contributed by atoms with Crippen molar-refractivity contribution in [2.75, 3.05) is 6.61 Å². The summed E-state index contributed by atoms with van der Waals surface area (Å²) in [4.78, 5) is 1.02. The molecule has 2 unspecified atom stereocenters. The number of fused-ring (bicyclic) bond motifs is 1. The third kappa shape index (κ3) is 2.29. The zero-order valence-electron chi connectivity index (χ0n) is 9.95. The topological polar surface area (TPSA) is 61.0 Å². The van der Waals surface area contributed by atoms with Crippen LogP contribution in [0.5, 0.6) is 0 Å². The normalized spacial score (nSPS) is 20.4. The van der Waals surface area contributed by atoms with Gasteiger partial charge < -0.3 is 10.5 Å². The van der Waals surface area contributed by atoms with Crippen LogP contribution in [0, 0.1) is 0 Å². The van der Waals surface area contributed by atoms with Gasteiger partial charge in [-0.1, -0.05) is 28.8 Å². The molecule has 0 radical (unpaired) electrons. The summed E-state index contributed by atoms with van der Waals surface area (Å²) < 4.78 is 9.71. The first-order valence-electron chi connectivity index (χ1n) is 6.07. The molecule has 94 valence electrons. The third-order valence-corrected chi connectivity index (χ3v) is 4.10. The highest BCUT2D eigenvalue weighted by atomic mass is 32.1. The van der Waals surface area contributed by atoms with Crippen molar-refractivity contribution in [2.24, 2.45) is 5.73 Å². The predicted octanol–water partition coefficient (Wildman–Crippen LogP) is 2.24. The Hall–Kier alpha value is -1.30. The highest BCUT2D eigenvalue weighted by Gasteiger charge is 2.23. The molecule has 0 saturated carbocycles. The molecule has 1 aromatic heterocycles. The average molecular weight is 261 g/mol. The van der Waals surface area contributed by atoms with Gasteiger partial charge in [0.15, 0.2) is 0 Å². The van der Waals surface area contributed by atoms with E-state index in [1.54, 1.807) is 6.20 Å². The van der Waals surface area contributed by atoms with Gasteiger partial charge in [0.1, 0.15) is 0 Å². The SMILES string of the molecule is NC(CC1OCCc2ccccc21)c1cnns1. The molecular weight excluding hydrogens is 246 g/mol. The van der Waals surface area contributed by atoms with Crippen LogP contribution in [0.1, 0.15) is 34.6 Å². The molecular formula is C13H15N3OS. The van der Waals surface area contributed by atoms with Gasteiger partial charge >= 0.3 is 0 Å². The van der Waals surface area contributed by atoms with E-state index in [0.717, 1.165) is 24.3 Å². The summed E-state index contributed by atoms with van der Waals surface area (Å²) in [5, 5.41) is 3.83. The number of hydrogen-bond acceptors (Lipinski definition) is 5. The number of aromatic nitrogens is 2. The molecule has 3 rings (SSSR count). The van der Waals surface area contributed by atoms with Crippen LogP contribution in [0.25, 0.3) is 0 Å². The fraction of sp³-hybridized carbons (Fsp3) is 0.385. The fourth-order valence-electron chi connectivity index (χ4n) is 2.36. The Labute approximate surface area is 110 Å². The molecule has 1 aliphatic rings. The van der Waals surface area contributed by atoms with Crippen LogP contribution < -0.4 is 5.73 Å². The van der Waals surface area contributed by atoms with Crippen molar-refractivity contribution in [2.45, 2.75) is 25.0 Å². The Morgan fingerprint density at radius 2 is 2.33 bits per heavy atom. The van der Waals surface area contributed by atoms with Gasteiger partial charge in [0, 0.05) is 6.04 Å². The quantitative estimate of drug-likeness (QED) is 0.920. The first kappa shape index (κ1) is 11.8. The van der Waals surface area contributed by atoms with Gasteiger partial charge in [0.05, 0.1) is 23.8 Å². The second-order valence-electron chi connectivity index (χ2n) is 4.47. The maximum Gasteiger partial charge on any atom is 0.0846 e. The lowest BCUT2D eigenvalue weighted by Gasteiger charge is -2.27. The maximum absolute atomic E-state index is 6.18. The Bertz CT molecular complexity index is 515. The number of nitrogens with zero attached hydrogens (tertiary/aromatic N) is 2. The second kappa shape index (κ2) is 5.14. The summed E-state index contributed by atoms with van der Waals surface area (Å²) in [6.45, 7) is 0.773. The summed E-state index contributed by atoms with van der Waals surface area (Å²) in [5.41, 5.74) is 8.83. The molecule has 0 amide bonds. The van der Waals surface area contributed by atoms with Crippen LogP contribution in [0.15, 0.2) is 30.5 Å². The first-order chi connectivity index (χ1) is 8.84. The number of ether oxygens (including phenoxy) is 1. The minimum Gasteiger partial charge on any atom is -0.373 e. The van der Waals surface area contributed by atoms with Crippen molar-refractivity contribution in [3.8, 4) is 0 Å². The summed E-state index contributed by atoms with van der Waals surface area (Å²) in [6, 6.07) is 8.39. The molecule has 4 nitrogen and oxygen atoms in total. The number of nitrogens with two attached hydrogens (primary N) is 1. The zero-order valence-corrected chi connectivity index (χ0v) is 10.8. The fourth-order valence-corrected chi connectivity index (χ4v) is 2.87. The average Bonchev–Trinajstić information content (AvgIpc) is 2.93. The molecule has 18 heavy (non-hydrogen) atoms. The molecule has 2 heterocycles. The Morgan fingerprint density at radius 1 is 1.44 bits per heavy atom. The summed E-state index contributed by atoms with van der Waals surface area (Å²) in [5.74, 6) is 0. The second-order valence-corrected chi connectivity index (χ2v) is 5.29. The van der Waals surface area contributed by atoms with Gasteiger partial charge in [0.25, 0.3) is 0 Å². The Balaban J connectivity index is 1.78. The van der Waals surface area contributed by atoms with Gasteiger partial charge in [-0.2, -0.15) is 0 Å². The van der Waals surface area contributed by atoms with E-state index in [1.165, 1.54) is 22.7 Å². The van der Waals surface area contributed by atoms with Crippen LogP contribution >= 0.6 is 11.5 Å². The van der Waals surface area contributed by atoms with E-state index in [0.29, 0.717) is 0 Å². The van der Waals surface area contributed by atoms with Gasteiger partial charge in [-0.3, -0.25) is 0 Å². The van der Waals surface area contributed by atoms with E-state index in [-0.39, 0.29) is 12.1 Å². The number of hydrogen-bond donors (Lipinski definition) is 1. The maximum atomic E-state index is 6.18. The molecule has 2 atom stereocenters. The Kier molecular flexibility index (Phi) is 3.36. The molecule has 5 heteroatoms. The monoisotopic (exact) mass is 261 g/mol. The number of benzene rings is 1. The molecule has 2 aromatic rings. The van der Waals surface area contributed by atoms with E-state index >= 15 is 0 Å². The summed E-state index contributed by atoms with van der Waals surface area (Å²) >= 11 is 1.36. The van der Waals surface area contributed by atoms with Gasteiger partial charge in [-0.15, -0.1) is 5.10 Å². The van der Waals surface area contributed by atoms with Crippen LogP contribution in [0.3, 0.4) is 0 Å². The largest absolute Gasteiger partial charge is 0.373 e. The van der Waals surface area contributed by atoms with Crippen LogP contribution in [-0.4, -0.2) is 16.2 Å². The molecule has 1 aromatic carbocycles. The lowest BCUT2D eigenvalue weighted by Crippen LogP contribution is -2.21. The summed E-state index contributed by atoms with van der Waals surface area (Å²) in [6.07, 6.45) is 3.60. The summed E-state index contributed by atoms with van der Waals surface area (Å²) in [7, 11) is 0. The van der Waals surface area contributed by atoms with Crippen molar-refractivity contribution < 1.29 is 4.74 Å². The van der Waals surface area contributed by atoms with Gasteiger partial charge in [-0.05, 0) is 35.5 Å². The van der Waals surface area contributed by atoms with Gasteiger partial charge in [0.2, 0.25) is 0 Å². The lowest BCUT2D eigenvalue weighted by atomic mass is 9.93. The molecule has 0 spiro atoms. The van der Waals surface area contributed by atoms with Crippen molar-refractivity contribution in [1.82, 2.24) is 9.59 Å². The van der Waals surface area contributed by atoms with E-state index in [9.17, 15) is 0 Å². The first-order valence-corrected chi connectivity index (χ1v) is 6.84. The van der Waals surface area contributed by atoms with Gasteiger partial charge in [-0.25, -0.2) is 0 Å². The van der Waals surface area contributed by atoms with E-state index in [1.807, 2.05) is 0 Å². The third-order valence-electron chi connectivity index (χ3n) is 3.30. The minimum atomic E-state index is -0.0545. The predicted molar refractivity (Wildman–Crippen MR) is 70.3 cm³/mol. The van der Waals surface area contributed by atoms with E-state index < -0.39 is 0 Å². The molecule has 0 fully saturated rings. The molecule has 0 aliphatic carbocycles. The standard InChI is InChI=1S/C13H15N3OS/c14-11(13-8-15-16-18-13)7-12-10-4-2-1-3-9(10)5-6-17-12/h1-4,8,11-12H,5-7,14H2. The van der Waals surface area contributed by atoms with Crippen LogP contribution in [0.2, 0.25) is 0 Å². The van der Waals surface area contributed by atoms with Crippen molar-refractivity contribution in [3.05, 3.63) is 46.5 Å². The lowest BCUT2D eigenvalue weighted by molar-refractivity contribution is 0.0322.